The second-order valence-electron chi connectivity index (χ2n) is 6.42. The van der Waals surface area contributed by atoms with E-state index < -0.39 is 15.8 Å². The fraction of sp³-hybridized carbons (Fsp3) is 0.200. The van der Waals surface area contributed by atoms with Crippen LogP contribution in [0.3, 0.4) is 0 Å². The van der Waals surface area contributed by atoms with E-state index >= 15 is 0 Å². The van der Waals surface area contributed by atoms with Crippen molar-refractivity contribution in [3.63, 3.8) is 0 Å². The normalized spacial score (nSPS) is 16.7. The molecule has 0 saturated carbocycles. The number of carbonyl (C=O) groups is 1. The maximum absolute atomic E-state index is 13.1. The van der Waals surface area contributed by atoms with Gasteiger partial charge >= 0.3 is 0 Å². The Morgan fingerprint density at radius 2 is 1.86 bits per heavy atom. The number of nitrogens with zero attached hydrogens (tertiary/aromatic N) is 1. The highest BCUT2D eigenvalue weighted by Gasteiger charge is 2.32. The van der Waals surface area contributed by atoms with Gasteiger partial charge in [-0.05, 0) is 42.7 Å². The van der Waals surface area contributed by atoms with Gasteiger partial charge in [-0.1, -0.05) is 41.9 Å². The van der Waals surface area contributed by atoms with Crippen LogP contribution >= 0.6 is 11.6 Å². The molecule has 152 valence electrons. The lowest BCUT2D eigenvalue weighted by atomic mass is 10.1. The number of carbonyl (C=O) groups excluding carboxylic acids is 1. The molecule has 0 spiro atoms. The summed E-state index contributed by atoms with van der Waals surface area (Å²) in [7, 11) is -3.83. The van der Waals surface area contributed by atoms with E-state index in [0.29, 0.717) is 29.1 Å². The number of sulfonamides is 1. The SMILES string of the molecule is CC1=C(c2ccc(F)cc2)S(=O)(=O)NC1=NCC(=O)NCCc1ccccc1Cl. The molecule has 2 aromatic carbocycles. The third-order valence-electron chi connectivity index (χ3n) is 4.36. The molecule has 3 rings (SSSR count). The van der Waals surface area contributed by atoms with E-state index in [0.717, 1.165) is 5.56 Å². The van der Waals surface area contributed by atoms with Crippen LogP contribution in [0.5, 0.6) is 0 Å². The highest BCUT2D eigenvalue weighted by molar-refractivity contribution is 8.00. The van der Waals surface area contributed by atoms with Gasteiger partial charge in [-0.25, -0.2) is 12.8 Å². The lowest BCUT2D eigenvalue weighted by Gasteiger charge is -2.06. The van der Waals surface area contributed by atoms with Gasteiger partial charge in [0.05, 0.1) is 0 Å². The first kappa shape index (κ1) is 21.0. The minimum absolute atomic E-state index is 0.0235. The molecule has 0 aliphatic carbocycles. The van der Waals surface area contributed by atoms with Gasteiger partial charge in [0.1, 0.15) is 23.1 Å². The number of rotatable bonds is 6. The summed E-state index contributed by atoms with van der Waals surface area (Å²) in [6.07, 6.45) is 0.572. The fourth-order valence-corrected chi connectivity index (χ4v) is 4.68. The van der Waals surface area contributed by atoms with Gasteiger partial charge in [-0.15, -0.1) is 0 Å². The minimum Gasteiger partial charge on any atom is -0.354 e. The Labute approximate surface area is 173 Å². The Morgan fingerprint density at radius 1 is 1.17 bits per heavy atom. The number of aliphatic imine (C=N–C) groups is 1. The molecule has 0 unspecified atom stereocenters. The van der Waals surface area contributed by atoms with E-state index in [2.05, 4.69) is 15.0 Å². The van der Waals surface area contributed by atoms with Crippen molar-refractivity contribution in [3.8, 4) is 0 Å². The van der Waals surface area contributed by atoms with Crippen LogP contribution in [0.15, 0.2) is 59.1 Å². The monoisotopic (exact) mass is 435 g/mol. The maximum atomic E-state index is 13.1. The van der Waals surface area contributed by atoms with Crippen molar-refractivity contribution in [1.29, 1.82) is 0 Å². The Morgan fingerprint density at radius 3 is 2.55 bits per heavy atom. The van der Waals surface area contributed by atoms with Gasteiger partial charge in [-0.2, -0.15) is 0 Å². The predicted molar refractivity (Wildman–Crippen MR) is 112 cm³/mol. The van der Waals surface area contributed by atoms with Crippen molar-refractivity contribution in [1.82, 2.24) is 10.0 Å². The summed E-state index contributed by atoms with van der Waals surface area (Å²) in [5, 5.41) is 3.36. The standard InChI is InChI=1S/C20H19ClFN3O3S/c1-13-19(15-6-8-16(22)9-7-15)29(27,28)25-20(13)24-12-18(26)23-11-10-14-4-2-3-5-17(14)21/h2-9H,10-12H2,1H3,(H,23,26)(H,24,25). The summed E-state index contributed by atoms with van der Waals surface area (Å²) in [4.78, 5) is 16.2. The molecule has 2 N–H and O–H groups in total. The van der Waals surface area contributed by atoms with Crippen LogP contribution < -0.4 is 10.0 Å². The molecular weight excluding hydrogens is 417 g/mol. The van der Waals surface area contributed by atoms with Crippen molar-refractivity contribution in [2.45, 2.75) is 13.3 Å². The Hall–Kier alpha value is -2.71. The van der Waals surface area contributed by atoms with Crippen LogP contribution in [0.2, 0.25) is 5.02 Å². The largest absolute Gasteiger partial charge is 0.354 e. The van der Waals surface area contributed by atoms with Gasteiger partial charge in [0.15, 0.2) is 0 Å². The molecule has 9 heteroatoms. The summed E-state index contributed by atoms with van der Waals surface area (Å²) in [5.41, 5.74) is 1.65. The average Bonchev–Trinajstić information content (AvgIpc) is 2.91. The molecule has 1 aliphatic rings. The van der Waals surface area contributed by atoms with Crippen LogP contribution in [-0.2, 0) is 21.2 Å². The van der Waals surface area contributed by atoms with Crippen LogP contribution in [0.1, 0.15) is 18.1 Å². The van der Waals surface area contributed by atoms with Gasteiger partial charge < -0.3 is 5.32 Å². The zero-order chi connectivity index (χ0) is 21.0. The molecule has 29 heavy (non-hydrogen) atoms. The maximum Gasteiger partial charge on any atom is 0.264 e. The lowest BCUT2D eigenvalue weighted by Crippen LogP contribution is -2.30. The number of hydrogen-bond donors (Lipinski definition) is 2. The molecule has 0 radical (unpaired) electrons. The van der Waals surface area contributed by atoms with Gasteiger partial charge in [0, 0.05) is 17.1 Å². The highest BCUT2D eigenvalue weighted by atomic mass is 35.5. The zero-order valence-electron chi connectivity index (χ0n) is 15.6. The van der Waals surface area contributed by atoms with Crippen LogP contribution in [0, 0.1) is 5.82 Å². The van der Waals surface area contributed by atoms with Crippen LogP contribution in [0.25, 0.3) is 4.91 Å². The Bertz CT molecular complexity index is 1100. The summed E-state index contributed by atoms with van der Waals surface area (Å²) in [6, 6.07) is 12.5. The molecule has 0 aromatic heterocycles. The minimum atomic E-state index is -3.83. The van der Waals surface area contributed by atoms with E-state index in [1.165, 1.54) is 24.3 Å². The smallest absolute Gasteiger partial charge is 0.264 e. The predicted octanol–water partition coefficient (Wildman–Crippen LogP) is 2.90. The van der Waals surface area contributed by atoms with Gasteiger partial charge in [0.25, 0.3) is 10.0 Å². The Balaban J connectivity index is 1.65. The number of nitrogens with one attached hydrogen (secondary N) is 2. The molecule has 1 aliphatic heterocycles. The zero-order valence-corrected chi connectivity index (χ0v) is 17.1. The molecule has 0 bridgehead atoms. The number of benzene rings is 2. The second kappa shape index (κ2) is 8.75. The topological polar surface area (TPSA) is 87.6 Å². The molecule has 6 nitrogen and oxygen atoms in total. The molecule has 0 saturated heterocycles. The first-order chi connectivity index (χ1) is 13.8. The first-order valence-corrected chi connectivity index (χ1v) is 10.7. The number of halogens is 2. The van der Waals surface area contributed by atoms with Gasteiger partial charge in [0.2, 0.25) is 5.91 Å². The fourth-order valence-electron chi connectivity index (χ4n) is 2.93. The molecule has 0 fully saturated rings. The van der Waals surface area contributed by atoms with Crippen LogP contribution in [-0.4, -0.2) is 33.3 Å². The van der Waals surface area contributed by atoms with Crippen molar-refractivity contribution in [2.24, 2.45) is 4.99 Å². The van der Waals surface area contributed by atoms with E-state index in [1.54, 1.807) is 13.0 Å². The highest BCUT2D eigenvalue weighted by Crippen LogP contribution is 2.29. The van der Waals surface area contributed by atoms with Crippen molar-refractivity contribution >= 4 is 38.3 Å². The third kappa shape index (κ3) is 5.02. The van der Waals surface area contributed by atoms with Crippen molar-refractivity contribution in [3.05, 3.63) is 76.1 Å². The first-order valence-electron chi connectivity index (χ1n) is 8.82. The molecule has 2 aromatic rings. The summed E-state index contributed by atoms with van der Waals surface area (Å²) >= 11 is 6.08. The van der Waals surface area contributed by atoms with E-state index in [1.807, 2.05) is 18.2 Å². The molecule has 1 heterocycles. The quantitative estimate of drug-likeness (QED) is 0.731. The van der Waals surface area contributed by atoms with Crippen LogP contribution in [0.4, 0.5) is 4.39 Å². The number of amides is 1. The second-order valence-corrected chi connectivity index (χ2v) is 8.45. The summed E-state index contributed by atoms with van der Waals surface area (Å²) in [6.45, 7) is 1.74. The van der Waals surface area contributed by atoms with Crippen molar-refractivity contribution in [2.75, 3.05) is 13.1 Å². The van der Waals surface area contributed by atoms with E-state index in [4.69, 9.17) is 11.6 Å². The number of hydrogen-bond acceptors (Lipinski definition) is 4. The lowest BCUT2D eigenvalue weighted by molar-refractivity contribution is -0.119. The summed E-state index contributed by atoms with van der Waals surface area (Å²) in [5.74, 6) is -0.699. The number of amidine groups is 1. The molecule has 1 amide bonds. The van der Waals surface area contributed by atoms with E-state index in [-0.39, 0.29) is 23.2 Å². The average molecular weight is 436 g/mol. The summed E-state index contributed by atoms with van der Waals surface area (Å²) < 4.78 is 40.3. The van der Waals surface area contributed by atoms with Crippen molar-refractivity contribution < 1.29 is 17.6 Å². The Kier molecular flexibility index (Phi) is 6.34. The third-order valence-corrected chi connectivity index (χ3v) is 6.27. The molecule has 0 atom stereocenters. The van der Waals surface area contributed by atoms with E-state index in [9.17, 15) is 17.6 Å². The van der Waals surface area contributed by atoms with Gasteiger partial charge in [-0.3, -0.25) is 14.5 Å². The molecular formula is C20H19ClFN3O3S.